The van der Waals surface area contributed by atoms with Gasteiger partial charge in [-0.05, 0) is 39.6 Å². The van der Waals surface area contributed by atoms with E-state index in [2.05, 4.69) is 41.6 Å². The molecular weight excluding hydrogens is 212 g/mol. The van der Waals surface area contributed by atoms with Crippen LogP contribution in [0.25, 0.3) is 0 Å². The molecule has 1 aromatic rings. The Morgan fingerprint density at radius 2 is 2.25 bits per heavy atom. The fourth-order valence-corrected chi connectivity index (χ4v) is 1.78. The standard InChI is InChI=1S/C11H12Br/c1-3-6-10-8-5-7-9(4-2)11(10)12/h5,7-8H,2-3,6H2,1H3. The summed E-state index contributed by atoms with van der Waals surface area (Å²) in [6, 6.07) is 6.19. The van der Waals surface area contributed by atoms with Crippen LogP contribution in [0.4, 0.5) is 0 Å². The van der Waals surface area contributed by atoms with Crippen LogP contribution in [0.1, 0.15) is 24.5 Å². The van der Waals surface area contributed by atoms with E-state index in [0.717, 1.165) is 16.5 Å². The van der Waals surface area contributed by atoms with Crippen LogP contribution in [0.15, 0.2) is 29.3 Å². The van der Waals surface area contributed by atoms with E-state index in [1.165, 1.54) is 12.0 Å². The normalized spacial score (nSPS) is 9.83. The summed E-state index contributed by atoms with van der Waals surface area (Å²) >= 11 is 3.54. The monoisotopic (exact) mass is 223 g/mol. The highest BCUT2D eigenvalue weighted by molar-refractivity contribution is 9.10. The summed E-state index contributed by atoms with van der Waals surface area (Å²) in [6.07, 6.45) is 5.17. The van der Waals surface area contributed by atoms with Gasteiger partial charge in [-0.15, -0.1) is 0 Å². The maximum absolute atomic E-state index is 3.64. The van der Waals surface area contributed by atoms with Gasteiger partial charge in [-0.1, -0.05) is 38.1 Å². The minimum absolute atomic E-state index is 1.06. The summed E-state index contributed by atoms with van der Waals surface area (Å²) in [4.78, 5) is 0. The van der Waals surface area contributed by atoms with Crippen molar-refractivity contribution in [1.29, 1.82) is 0 Å². The highest BCUT2D eigenvalue weighted by Crippen LogP contribution is 2.22. The molecule has 0 amide bonds. The molecule has 0 aliphatic heterocycles. The van der Waals surface area contributed by atoms with Crippen molar-refractivity contribution in [2.24, 2.45) is 0 Å². The maximum atomic E-state index is 3.64. The summed E-state index contributed by atoms with van der Waals surface area (Å²) in [5.74, 6) is 0. The summed E-state index contributed by atoms with van der Waals surface area (Å²) in [6.45, 7) is 5.82. The molecule has 0 aliphatic rings. The quantitative estimate of drug-likeness (QED) is 0.733. The summed E-state index contributed by atoms with van der Waals surface area (Å²) in [5.41, 5.74) is 2.40. The van der Waals surface area contributed by atoms with Crippen LogP contribution in [0.2, 0.25) is 0 Å². The van der Waals surface area contributed by atoms with Crippen molar-refractivity contribution in [2.45, 2.75) is 19.8 Å². The number of aryl methyl sites for hydroxylation is 1. The van der Waals surface area contributed by atoms with Gasteiger partial charge in [-0.3, -0.25) is 0 Å². The Bertz CT molecular complexity index is 276. The van der Waals surface area contributed by atoms with Crippen molar-refractivity contribution in [3.05, 3.63) is 46.5 Å². The SMILES string of the molecule is C=[C]c1cccc(CCC)c1Br. The average Bonchev–Trinajstić information content (AvgIpc) is 2.09. The van der Waals surface area contributed by atoms with Crippen LogP contribution in [-0.2, 0) is 6.42 Å². The Labute approximate surface area is 82.4 Å². The van der Waals surface area contributed by atoms with E-state index in [0.29, 0.717) is 0 Å². The number of hydrogen-bond donors (Lipinski definition) is 0. The Morgan fingerprint density at radius 3 is 2.83 bits per heavy atom. The van der Waals surface area contributed by atoms with Crippen molar-refractivity contribution in [1.82, 2.24) is 0 Å². The van der Waals surface area contributed by atoms with Gasteiger partial charge in [0.15, 0.2) is 0 Å². The van der Waals surface area contributed by atoms with E-state index < -0.39 is 0 Å². The van der Waals surface area contributed by atoms with E-state index in [1.54, 1.807) is 0 Å². The minimum Gasteiger partial charge on any atom is -0.0905 e. The molecule has 0 saturated heterocycles. The molecule has 0 bridgehead atoms. The molecule has 63 valence electrons. The molecule has 1 radical (unpaired) electrons. The lowest BCUT2D eigenvalue weighted by Crippen LogP contribution is -1.87. The third-order valence-corrected chi connectivity index (χ3v) is 2.72. The molecule has 12 heavy (non-hydrogen) atoms. The van der Waals surface area contributed by atoms with Gasteiger partial charge in [0, 0.05) is 4.47 Å². The van der Waals surface area contributed by atoms with Crippen LogP contribution >= 0.6 is 15.9 Å². The predicted octanol–water partition coefficient (Wildman–Crippen LogP) is 3.74. The smallest absolute Gasteiger partial charge is 0.0285 e. The lowest BCUT2D eigenvalue weighted by Gasteiger charge is -2.04. The molecular formula is C11H12Br. The zero-order valence-corrected chi connectivity index (χ0v) is 8.82. The second kappa shape index (κ2) is 4.46. The second-order valence-corrected chi connectivity index (χ2v) is 3.50. The molecule has 0 unspecified atom stereocenters. The van der Waals surface area contributed by atoms with Gasteiger partial charge in [0.05, 0.1) is 0 Å². The Morgan fingerprint density at radius 1 is 1.50 bits per heavy atom. The van der Waals surface area contributed by atoms with Crippen LogP contribution in [0.5, 0.6) is 0 Å². The molecule has 1 aromatic carbocycles. The van der Waals surface area contributed by atoms with Crippen molar-refractivity contribution >= 4 is 15.9 Å². The van der Waals surface area contributed by atoms with E-state index >= 15 is 0 Å². The lowest BCUT2D eigenvalue weighted by molar-refractivity contribution is 0.916. The maximum Gasteiger partial charge on any atom is 0.0285 e. The second-order valence-electron chi connectivity index (χ2n) is 2.71. The van der Waals surface area contributed by atoms with Crippen LogP contribution < -0.4 is 0 Å². The molecule has 0 spiro atoms. The van der Waals surface area contributed by atoms with Crippen molar-refractivity contribution < 1.29 is 0 Å². The fourth-order valence-electron chi connectivity index (χ4n) is 1.18. The number of hydrogen-bond acceptors (Lipinski definition) is 0. The molecule has 0 N–H and O–H groups in total. The van der Waals surface area contributed by atoms with Gasteiger partial charge in [-0.2, -0.15) is 0 Å². The molecule has 0 atom stereocenters. The van der Waals surface area contributed by atoms with Crippen LogP contribution in [-0.4, -0.2) is 0 Å². The summed E-state index contributed by atoms with van der Waals surface area (Å²) in [5, 5.41) is 0. The first-order valence-electron chi connectivity index (χ1n) is 4.10. The first-order chi connectivity index (χ1) is 5.79. The molecule has 1 rings (SSSR count). The van der Waals surface area contributed by atoms with Crippen LogP contribution in [0, 0.1) is 6.08 Å². The molecule has 0 aliphatic carbocycles. The first-order valence-corrected chi connectivity index (χ1v) is 4.89. The summed E-state index contributed by atoms with van der Waals surface area (Å²) in [7, 11) is 0. The van der Waals surface area contributed by atoms with Gasteiger partial charge in [-0.25, -0.2) is 0 Å². The number of benzene rings is 1. The molecule has 1 heteroatoms. The van der Waals surface area contributed by atoms with E-state index in [1.807, 2.05) is 12.1 Å². The highest BCUT2D eigenvalue weighted by Gasteiger charge is 2.01. The van der Waals surface area contributed by atoms with Crippen molar-refractivity contribution in [3.63, 3.8) is 0 Å². The van der Waals surface area contributed by atoms with Gasteiger partial charge < -0.3 is 0 Å². The Hall–Kier alpha value is -0.560. The van der Waals surface area contributed by atoms with Crippen molar-refractivity contribution in [2.75, 3.05) is 0 Å². The van der Waals surface area contributed by atoms with Gasteiger partial charge >= 0.3 is 0 Å². The molecule has 0 saturated carbocycles. The molecule has 0 aromatic heterocycles. The Balaban J connectivity index is 3.04. The average molecular weight is 224 g/mol. The Kier molecular flexibility index (Phi) is 3.54. The third kappa shape index (κ3) is 1.98. The topological polar surface area (TPSA) is 0 Å². The van der Waals surface area contributed by atoms with Gasteiger partial charge in [0.1, 0.15) is 0 Å². The molecule has 0 heterocycles. The lowest BCUT2D eigenvalue weighted by atomic mass is 10.1. The number of halogens is 1. The van der Waals surface area contributed by atoms with E-state index in [-0.39, 0.29) is 0 Å². The third-order valence-electron chi connectivity index (χ3n) is 1.79. The van der Waals surface area contributed by atoms with E-state index in [4.69, 9.17) is 0 Å². The number of rotatable bonds is 3. The fraction of sp³-hybridized carbons (Fsp3) is 0.273. The predicted molar refractivity (Wildman–Crippen MR) is 56.1 cm³/mol. The summed E-state index contributed by atoms with van der Waals surface area (Å²) < 4.78 is 1.14. The zero-order valence-electron chi connectivity index (χ0n) is 7.23. The molecule has 0 fully saturated rings. The van der Waals surface area contributed by atoms with Gasteiger partial charge in [0.2, 0.25) is 0 Å². The van der Waals surface area contributed by atoms with Crippen molar-refractivity contribution in [3.8, 4) is 0 Å². The van der Waals surface area contributed by atoms with Gasteiger partial charge in [0.25, 0.3) is 0 Å². The first kappa shape index (κ1) is 9.53. The largest absolute Gasteiger partial charge is 0.0905 e. The minimum atomic E-state index is 1.06. The van der Waals surface area contributed by atoms with E-state index in [9.17, 15) is 0 Å². The zero-order chi connectivity index (χ0) is 8.97. The molecule has 0 nitrogen and oxygen atoms in total. The van der Waals surface area contributed by atoms with Crippen LogP contribution in [0.3, 0.4) is 0 Å². The highest BCUT2D eigenvalue weighted by atomic mass is 79.9.